The standard InChI is InChI=1S/C16H32N4O/c1-4-17-16(20-13(2)3)19-11-10-18-15(21)12-14-8-6-5-7-9-14/h13-14H,4-12H2,1-3H3,(H,18,21)(H2,17,19,20). The Bertz CT molecular complexity index is 322. The van der Waals surface area contributed by atoms with Gasteiger partial charge in [-0.15, -0.1) is 0 Å². The smallest absolute Gasteiger partial charge is 0.220 e. The summed E-state index contributed by atoms with van der Waals surface area (Å²) in [4.78, 5) is 16.3. The predicted molar refractivity (Wildman–Crippen MR) is 88.5 cm³/mol. The van der Waals surface area contributed by atoms with Crippen molar-refractivity contribution in [3.05, 3.63) is 0 Å². The molecule has 3 N–H and O–H groups in total. The summed E-state index contributed by atoms with van der Waals surface area (Å²) in [6.07, 6.45) is 7.03. The molecule has 0 aromatic heterocycles. The molecule has 5 heteroatoms. The molecule has 5 nitrogen and oxygen atoms in total. The van der Waals surface area contributed by atoms with E-state index in [1.807, 2.05) is 6.92 Å². The fourth-order valence-corrected chi connectivity index (χ4v) is 2.68. The second kappa shape index (κ2) is 10.5. The molecule has 0 aliphatic heterocycles. The molecule has 1 amide bonds. The van der Waals surface area contributed by atoms with E-state index in [1.54, 1.807) is 0 Å². The van der Waals surface area contributed by atoms with Gasteiger partial charge in [0.15, 0.2) is 5.96 Å². The van der Waals surface area contributed by atoms with E-state index in [4.69, 9.17) is 0 Å². The minimum absolute atomic E-state index is 0.180. The number of hydrogen-bond acceptors (Lipinski definition) is 2. The van der Waals surface area contributed by atoms with E-state index in [0.717, 1.165) is 12.5 Å². The number of amides is 1. The molecule has 1 rings (SSSR count). The Morgan fingerprint density at radius 3 is 2.52 bits per heavy atom. The Morgan fingerprint density at radius 1 is 1.19 bits per heavy atom. The topological polar surface area (TPSA) is 65.5 Å². The van der Waals surface area contributed by atoms with Crippen LogP contribution in [0.3, 0.4) is 0 Å². The van der Waals surface area contributed by atoms with Crippen LogP contribution in [0.2, 0.25) is 0 Å². The maximum atomic E-state index is 11.9. The van der Waals surface area contributed by atoms with Crippen LogP contribution in [0.5, 0.6) is 0 Å². The Labute approximate surface area is 129 Å². The Morgan fingerprint density at radius 2 is 1.90 bits per heavy atom. The maximum Gasteiger partial charge on any atom is 0.220 e. The lowest BCUT2D eigenvalue weighted by atomic mass is 9.87. The minimum Gasteiger partial charge on any atom is -0.357 e. The van der Waals surface area contributed by atoms with Crippen molar-refractivity contribution in [3.8, 4) is 0 Å². The summed E-state index contributed by atoms with van der Waals surface area (Å²) in [5.74, 6) is 1.59. The van der Waals surface area contributed by atoms with E-state index in [2.05, 4.69) is 34.8 Å². The van der Waals surface area contributed by atoms with Crippen molar-refractivity contribution in [1.29, 1.82) is 0 Å². The second-order valence-electron chi connectivity index (χ2n) is 6.12. The largest absolute Gasteiger partial charge is 0.357 e. The Hall–Kier alpha value is -1.26. The van der Waals surface area contributed by atoms with Crippen LogP contribution in [0.4, 0.5) is 0 Å². The highest BCUT2D eigenvalue weighted by Gasteiger charge is 2.16. The molecule has 1 aliphatic rings. The molecule has 0 spiro atoms. The summed E-state index contributed by atoms with van der Waals surface area (Å²) in [5.41, 5.74) is 0. The molecule has 0 radical (unpaired) electrons. The van der Waals surface area contributed by atoms with Crippen molar-refractivity contribution in [3.63, 3.8) is 0 Å². The molecule has 0 unspecified atom stereocenters. The fourth-order valence-electron chi connectivity index (χ4n) is 2.68. The normalized spacial score (nSPS) is 16.9. The van der Waals surface area contributed by atoms with Gasteiger partial charge in [-0.25, -0.2) is 0 Å². The number of rotatable bonds is 7. The first-order valence-electron chi connectivity index (χ1n) is 8.43. The number of carbonyl (C=O) groups is 1. The van der Waals surface area contributed by atoms with Crippen molar-refractivity contribution in [2.24, 2.45) is 10.9 Å². The lowest BCUT2D eigenvalue weighted by Gasteiger charge is -2.20. The first kappa shape index (κ1) is 17.8. The molecular formula is C16H32N4O. The summed E-state index contributed by atoms with van der Waals surface area (Å²) >= 11 is 0. The average Bonchev–Trinajstić information content (AvgIpc) is 2.44. The van der Waals surface area contributed by atoms with Crippen LogP contribution >= 0.6 is 0 Å². The third-order valence-corrected chi connectivity index (χ3v) is 3.67. The summed E-state index contributed by atoms with van der Waals surface area (Å²) in [6.45, 7) is 8.27. The SMILES string of the molecule is CCNC(=NCCNC(=O)CC1CCCCC1)NC(C)C. The van der Waals surface area contributed by atoms with Gasteiger partial charge in [-0.2, -0.15) is 0 Å². The zero-order chi connectivity index (χ0) is 15.5. The van der Waals surface area contributed by atoms with Crippen LogP contribution in [0.25, 0.3) is 0 Å². The van der Waals surface area contributed by atoms with Crippen LogP contribution in [0, 0.1) is 5.92 Å². The monoisotopic (exact) mass is 296 g/mol. The molecule has 0 bridgehead atoms. The second-order valence-corrected chi connectivity index (χ2v) is 6.12. The van der Waals surface area contributed by atoms with Crippen LogP contribution < -0.4 is 16.0 Å². The highest BCUT2D eigenvalue weighted by atomic mass is 16.1. The predicted octanol–water partition coefficient (Wildman–Crippen LogP) is 2.04. The van der Waals surface area contributed by atoms with Crippen LogP contribution in [0.1, 0.15) is 59.3 Å². The zero-order valence-electron chi connectivity index (χ0n) is 13.9. The number of nitrogens with zero attached hydrogens (tertiary/aromatic N) is 1. The lowest BCUT2D eigenvalue weighted by Crippen LogP contribution is -2.41. The summed E-state index contributed by atoms with van der Waals surface area (Å²) in [5, 5.41) is 9.43. The Balaban J connectivity index is 2.19. The molecule has 0 saturated heterocycles. The molecule has 0 aromatic rings. The summed E-state index contributed by atoms with van der Waals surface area (Å²) in [6, 6.07) is 0.351. The van der Waals surface area contributed by atoms with E-state index in [9.17, 15) is 4.79 Å². The van der Waals surface area contributed by atoms with Crippen LogP contribution in [-0.4, -0.2) is 37.5 Å². The molecule has 1 saturated carbocycles. The lowest BCUT2D eigenvalue weighted by molar-refractivity contribution is -0.122. The van der Waals surface area contributed by atoms with Gasteiger partial charge in [0.1, 0.15) is 0 Å². The van der Waals surface area contributed by atoms with Crippen molar-refractivity contribution in [1.82, 2.24) is 16.0 Å². The quantitative estimate of drug-likeness (QED) is 0.383. The Kier molecular flexibility index (Phi) is 8.87. The van der Waals surface area contributed by atoms with Crippen molar-refractivity contribution < 1.29 is 4.79 Å². The molecular weight excluding hydrogens is 264 g/mol. The average molecular weight is 296 g/mol. The van der Waals surface area contributed by atoms with Gasteiger partial charge in [0.25, 0.3) is 0 Å². The van der Waals surface area contributed by atoms with Gasteiger partial charge in [0.2, 0.25) is 5.91 Å². The minimum atomic E-state index is 0.180. The third-order valence-electron chi connectivity index (χ3n) is 3.67. The summed E-state index contributed by atoms with van der Waals surface area (Å²) in [7, 11) is 0. The number of guanidine groups is 1. The van der Waals surface area contributed by atoms with Gasteiger partial charge < -0.3 is 16.0 Å². The van der Waals surface area contributed by atoms with Crippen LogP contribution in [0.15, 0.2) is 4.99 Å². The number of carbonyl (C=O) groups excluding carboxylic acids is 1. The van der Waals surface area contributed by atoms with E-state index in [1.165, 1.54) is 32.1 Å². The van der Waals surface area contributed by atoms with Gasteiger partial charge in [-0.1, -0.05) is 19.3 Å². The maximum absolute atomic E-state index is 11.9. The zero-order valence-corrected chi connectivity index (χ0v) is 13.9. The first-order chi connectivity index (χ1) is 10.1. The van der Waals surface area contributed by atoms with Crippen molar-refractivity contribution in [2.45, 2.75) is 65.3 Å². The van der Waals surface area contributed by atoms with E-state index < -0.39 is 0 Å². The van der Waals surface area contributed by atoms with Crippen LogP contribution in [-0.2, 0) is 4.79 Å². The third kappa shape index (κ3) is 8.58. The molecule has 0 heterocycles. The van der Waals surface area contributed by atoms with Crippen molar-refractivity contribution in [2.75, 3.05) is 19.6 Å². The number of nitrogens with one attached hydrogen (secondary N) is 3. The number of hydrogen-bond donors (Lipinski definition) is 3. The van der Waals surface area contributed by atoms with E-state index >= 15 is 0 Å². The molecule has 0 atom stereocenters. The molecule has 21 heavy (non-hydrogen) atoms. The van der Waals surface area contributed by atoms with Gasteiger partial charge in [-0.05, 0) is 39.5 Å². The van der Waals surface area contributed by atoms with Crippen molar-refractivity contribution >= 4 is 11.9 Å². The first-order valence-corrected chi connectivity index (χ1v) is 8.43. The molecule has 1 fully saturated rings. The number of aliphatic imine (C=N–C) groups is 1. The molecule has 1 aliphatic carbocycles. The van der Waals surface area contributed by atoms with E-state index in [-0.39, 0.29) is 5.91 Å². The highest BCUT2D eigenvalue weighted by molar-refractivity contribution is 5.80. The highest BCUT2D eigenvalue weighted by Crippen LogP contribution is 2.25. The molecule has 122 valence electrons. The van der Waals surface area contributed by atoms with Gasteiger partial charge in [0, 0.05) is 25.6 Å². The van der Waals surface area contributed by atoms with E-state index in [0.29, 0.717) is 31.5 Å². The molecule has 0 aromatic carbocycles. The summed E-state index contributed by atoms with van der Waals surface area (Å²) < 4.78 is 0. The van der Waals surface area contributed by atoms with Gasteiger partial charge in [0.05, 0.1) is 6.54 Å². The van der Waals surface area contributed by atoms with Gasteiger partial charge in [-0.3, -0.25) is 9.79 Å². The fraction of sp³-hybridized carbons (Fsp3) is 0.875. The van der Waals surface area contributed by atoms with Gasteiger partial charge >= 0.3 is 0 Å².